The van der Waals surface area contributed by atoms with Crippen LogP contribution in [0, 0.1) is 0 Å². The van der Waals surface area contributed by atoms with Gasteiger partial charge >= 0.3 is 0 Å². The molecule has 2 rings (SSSR count). The highest BCUT2D eigenvalue weighted by Gasteiger charge is 2.26. The summed E-state index contributed by atoms with van der Waals surface area (Å²) in [6.07, 6.45) is 0.968. The number of hydrogen-bond acceptors (Lipinski definition) is 5. The fraction of sp³-hybridized carbons (Fsp3) is 0.611. The van der Waals surface area contributed by atoms with Crippen LogP contribution >= 0.6 is 12.4 Å². The molecule has 0 spiro atoms. The van der Waals surface area contributed by atoms with Crippen molar-refractivity contribution >= 4 is 18.3 Å². The Morgan fingerprint density at radius 1 is 1.12 bits per heavy atom. The first-order chi connectivity index (χ1) is 11.6. The quantitative estimate of drug-likeness (QED) is 0.760. The first-order valence-electron chi connectivity index (χ1n) is 8.66. The molecule has 142 valence electrons. The SMILES string of the molecule is CCOc1cc(C(=O)N(C)C2CCNC2)cc(OCC)c1OCC.Cl. The molecule has 0 aromatic heterocycles. The van der Waals surface area contributed by atoms with Crippen molar-refractivity contribution in [3.8, 4) is 17.2 Å². The van der Waals surface area contributed by atoms with Crippen molar-refractivity contribution in [3.63, 3.8) is 0 Å². The molecule has 1 atom stereocenters. The molecule has 25 heavy (non-hydrogen) atoms. The molecule has 0 radical (unpaired) electrons. The highest BCUT2D eigenvalue weighted by atomic mass is 35.5. The largest absolute Gasteiger partial charge is 0.490 e. The Hall–Kier alpha value is -1.66. The lowest BCUT2D eigenvalue weighted by Gasteiger charge is -2.25. The molecule has 1 saturated heterocycles. The van der Waals surface area contributed by atoms with E-state index in [-0.39, 0.29) is 24.4 Å². The Balaban J connectivity index is 0.00000312. The number of benzene rings is 1. The molecule has 1 aromatic rings. The number of carbonyl (C=O) groups excluding carboxylic acids is 1. The molecule has 1 aromatic carbocycles. The van der Waals surface area contributed by atoms with E-state index in [0.29, 0.717) is 42.6 Å². The number of nitrogens with zero attached hydrogens (tertiary/aromatic N) is 1. The topological polar surface area (TPSA) is 60.0 Å². The van der Waals surface area contributed by atoms with E-state index in [2.05, 4.69) is 5.32 Å². The second kappa shape index (κ2) is 10.4. The average Bonchev–Trinajstić information content (AvgIpc) is 3.11. The summed E-state index contributed by atoms with van der Waals surface area (Å²) in [6, 6.07) is 3.71. The van der Waals surface area contributed by atoms with E-state index >= 15 is 0 Å². The van der Waals surface area contributed by atoms with Gasteiger partial charge in [-0.15, -0.1) is 12.4 Å². The molecule has 7 heteroatoms. The minimum Gasteiger partial charge on any atom is -0.490 e. The van der Waals surface area contributed by atoms with Crippen LogP contribution in [-0.4, -0.2) is 56.8 Å². The molecule has 0 bridgehead atoms. The number of hydrogen-bond donors (Lipinski definition) is 1. The van der Waals surface area contributed by atoms with Gasteiger partial charge in [-0.1, -0.05) is 0 Å². The normalized spacial score (nSPS) is 16.1. The molecule has 6 nitrogen and oxygen atoms in total. The van der Waals surface area contributed by atoms with Crippen LogP contribution in [0.1, 0.15) is 37.6 Å². The van der Waals surface area contributed by atoms with Crippen LogP contribution in [0.5, 0.6) is 17.2 Å². The van der Waals surface area contributed by atoms with Crippen LogP contribution in [0.15, 0.2) is 12.1 Å². The third-order valence-electron chi connectivity index (χ3n) is 4.06. The van der Waals surface area contributed by atoms with E-state index < -0.39 is 0 Å². The summed E-state index contributed by atoms with van der Waals surface area (Å²) in [5, 5.41) is 3.29. The summed E-state index contributed by atoms with van der Waals surface area (Å²) < 4.78 is 17.1. The van der Waals surface area contributed by atoms with Crippen molar-refractivity contribution < 1.29 is 19.0 Å². The second-order valence-corrected chi connectivity index (χ2v) is 5.66. The number of nitrogens with one attached hydrogen (secondary N) is 1. The maximum atomic E-state index is 12.9. The van der Waals surface area contributed by atoms with Crippen LogP contribution in [0.2, 0.25) is 0 Å². The third kappa shape index (κ3) is 5.16. The van der Waals surface area contributed by atoms with Crippen LogP contribution < -0.4 is 19.5 Å². The number of halogens is 1. The molecule has 1 N–H and O–H groups in total. The number of ether oxygens (including phenoxy) is 3. The highest BCUT2D eigenvalue weighted by Crippen LogP contribution is 2.39. The Morgan fingerprint density at radius 2 is 1.68 bits per heavy atom. The second-order valence-electron chi connectivity index (χ2n) is 5.66. The summed E-state index contributed by atoms with van der Waals surface area (Å²) in [6.45, 7) is 8.97. The maximum absolute atomic E-state index is 12.9. The van der Waals surface area contributed by atoms with Crippen molar-refractivity contribution in [3.05, 3.63) is 17.7 Å². The number of amides is 1. The molecule has 1 amide bonds. The van der Waals surface area contributed by atoms with Gasteiger partial charge in [-0.25, -0.2) is 0 Å². The Kier molecular flexibility index (Phi) is 8.86. The van der Waals surface area contributed by atoms with Gasteiger partial charge in [0.2, 0.25) is 5.75 Å². The van der Waals surface area contributed by atoms with Gasteiger partial charge in [0.1, 0.15) is 0 Å². The van der Waals surface area contributed by atoms with Crippen LogP contribution in [-0.2, 0) is 0 Å². The molecular weight excluding hydrogens is 344 g/mol. The van der Waals surface area contributed by atoms with Gasteiger partial charge in [0.15, 0.2) is 11.5 Å². The molecular formula is C18H29ClN2O4. The van der Waals surface area contributed by atoms with Gasteiger partial charge in [0.05, 0.1) is 19.8 Å². The van der Waals surface area contributed by atoms with Gasteiger partial charge in [-0.2, -0.15) is 0 Å². The van der Waals surface area contributed by atoms with Gasteiger partial charge < -0.3 is 24.4 Å². The molecule has 1 aliphatic rings. The average molecular weight is 373 g/mol. The van der Waals surface area contributed by atoms with E-state index in [1.165, 1.54) is 0 Å². The molecule has 1 fully saturated rings. The summed E-state index contributed by atoms with van der Waals surface area (Å²) in [4.78, 5) is 14.7. The first-order valence-corrected chi connectivity index (χ1v) is 8.66. The summed E-state index contributed by atoms with van der Waals surface area (Å²) in [5.74, 6) is 1.62. The van der Waals surface area contributed by atoms with Crippen molar-refractivity contribution in [2.45, 2.75) is 33.2 Å². The maximum Gasteiger partial charge on any atom is 0.254 e. The predicted octanol–water partition coefficient (Wildman–Crippen LogP) is 2.74. The lowest BCUT2D eigenvalue weighted by Crippen LogP contribution is -2.38. The summed E-state index contributed by atoms with van der Waals surface area (Å²) in [7, 11) is 1.84. The van der Waals surface area contributed by atoms with Crippen molar-refractivity contribution in [2.75, 3.05) is 40.0 Å². The minimum absolute atomic E-state index is 0. The van der Waals surface area contributed by atoms with Gasteiger partial charge in [0.25, 0.3) is 5.91 Å². The minimum atomic E-state index is -0.0337. The number of likely N-dealkylation sites (N-methyl/N-ethyl adjacent to an activating group) is 1. The fourth-order valence-corrected chi connectivity index (χ4v) is 2.85. The summed E-state index contributed by atoms with van der Waals surface area (Å²) >= 11 is 0. The zero-order chi connectivity index (χ0) is 17.5. The van der Waals surface area contributed by atoms with Gasteiger partial charge in [0, 0.05) is 25.2 Å². The Labute approximate surface area is 156 Å². The zero-order valence-electron chi connectivity index (χ0n) is 15.5. The zero-order valence-corrected chi connectivity index (χ0v) is 16.3. The fourth-order valence-electron chi connectivity index (χ4n) is 2.85. The van der Waals surface area contributed by atoms with Crippen LogP contribution in [0.4, 0.5) is 0 Å². The van der Waals surface area contributed by atoms with Crippen LogP contribution in [0.25, 0.3) is 0 Å². The summed E-state index contributed by atoms with van der Waals surface area (Å²) in [5.41, 5.74) is 0.555. The monoisotopic (exact) mass is 372 g/mol. The molecule has 1 heterocycles. The lowest BCUT2D eigenvalue weighted by molar-refractivity contribution is 0.0742. The van der Waals surface area contributed by atoms with E-state index in [9.17, 15) is 4.79 Å². The lowest BCUT2D eigenvalue weighted by atomic mass is 10.1. The van der Waals surface area contributed by atoms with Crippen molar-refractivity contribution in [1.82, 2.24) is 10.2 Å². The third-order valence-corrected chi connectivity index (χ3v) is 4.06. The van der Waals surface area contributed by atoms with Crippen LogP contribution in [0.3, 0.4) is 0 Å². The Morgan fingerprint density at radius 3 is 2.12 bits per heavy atom. The predicted molar refractivity (Wildman–Crippen MR) is 101 cm³/mol. The van der Waals surface area contributed by atoms with Gasteiger partial charge in [-0.3, -0.25) is 4.79 Å². The van der Waals surface area contributed by atoms with Gasteiger partial charge in [-0.05, 0) is 45.9 Å². The van der Waals surface area contributed by atoms with E-state index in [1.54, 1.807) is 17.0 Å². The molecule has 0 saturated carbocycles. The highest BCUT2D eigenvalue weighted by molar-refractivity contribution is 5.95. The van der Waals surface area contributed by atoms with Crippen molar-refractivity contribution in [1.29, 1.82) is 0 Å². The van der Waals surface area contributed by atoms with E-state index in [0.717, 1.165) is 19.5 Å². The van der Waals surface area contributed by atoms with E-state index in [1.807, 2.05) is 27.8 Å². The standard InChI is InChI=1S/C18H28N2O4.ClH/c1-5-22-15-10-13(11-16(23-6-2)17(15)24-7-3)18(21)20(4)14-8-9-19-12-14;/h10-11,14,19H,5-9,12H2,1-4H3;1H. The van der Waals surface area contributed by atoms with E-state index in [4.69, 9.17) is 14.2 Å². The number of carbonyl (C=O) groups is 1. The Bertz CT molecular complexity index is 535. The molecule has 1 unspecified atom stereocenters. The molecule has 1 aliphatic heterocycles. The smallest absolute Gasteiger partial charge is 0.254 e. The number of rotatable bonds is 8. The molecule has 0 aliphatic carbocycles. The first kappa shape index (κ1) is 21.4. The van der Waals surface area contributed by atoms with Crippen molar-refractivity contribution in [2.24, 2.45) is 0 Å².